The Labute approximate surface area is 81.8 Å². The lowest BCUT2D eigenvalue weighted by Gasteiger charge is -2.23. The van der Waals surface area contributed by atoms with E-state index in [0.717, 1.165) is 26.1 Å². The van der Waals surface area contributed by atoms with Gasteiger partial charge in [0.15, 0.2) is 0 Å². The average molecular weight is 189 g/mol. The van der Waals surface area contributed by atoms with E-state index in [2.05, 4.69) is 19.2 Å². The van der Waals surface area contributed by atoms with Crippen LogP contribution in [0.2, 0.25) is 0 Å². The van der Waals surface area contributed by atoms with Gasteiger partial charge < -0.3 is 14.8 Å². The normalized spacial score (nSPS) is 15.7. The maximum absolute atomic E-state index is 5.12. The first-order valence-electron chi connectivity index (χ1n) is 5.02. The summed E-state index contributed by atoms with van der Waals surface area (Å²) in [5.41, 5.74) is 0. The fourth-order valence-corrected chi connectivity index (χ4v) is 1.30. The summed E-state index contributed by atoms with van der Waals surface area (Å²) < 4.78 is 10.2. The molecular formula is C10H23NO2. The van der Waals surface area contributed by atoms with Gasteiger partial charge in [0.1, 0.15) is 0 Å². The summed E-state index contributed by atoms with van der Waals surface area (Å²) in [6.45, 7) is 5.87. The lowest BCUT2D eigenvalue weighted by molar-refractivity contribution is 0.127. The van der Waals surface area contributed by atoms with Gasteiger partial charge in [-0.15, -0.1) is 0 Å². The van der Waals surface area contributed by atoms with E-state index in [1.165, 1.54) is 0 Å². The molecule has 2 unspecified atom stereocenters. The van der Waals surface area contributed by atoms with E-state index < -0.39 is 0 Å². The van der Waals surface area contributed by atoms with Crippen LogP contribution in [0.25, 0.3) is 0 Å². The summed E-state index contributed by atoms with van der Waals surface area (Å²) in [5.74, 6) is 0. The van der Waals surface area contributed by atoms with E-state index >= 15 is 0 Å². The monoisotopic (exact) mass is 189 g/mol. The molecule has 0 aromatic rings. The third kappa shape index (κ3) is 6.02. The summed E-state index contributed by atoms with van der Waals surface area (Å²) in [6.07, 6.45) is 2.18. The first-order valence-corrected chi connectivity index (χ1v) is 5.02. The molecule has 0 radical (unpaired) electrons. The maximum Gasteiger partial charge on any atom is 0.0615 e. The van der Waals surface area contributed by atoms with Crippen molar-refractivity contribution in [3.05, 3.63) is 0 Å². The van der Waals surface area contributed by atoms with Crippen LogP contribution in [0, 0.1) is 0 Å². The van der Waals surface area contributed by atoms with Crippen molar-refractivity contribution < 1.29 is 9.47 Å². The minimum absolute atomic E-state index is 0.449. The molecule has 0 aliphatic heterocycles. The Morgan fingerprint density at radius 3 is 1.54 bits per heavy atom. The van der Waals surface area contributed by atoms with E-state index in [9.17, 15) is 0 Å². The molecule has 2 atom stereocenters. The van der Waals surface area contributed by atoms with Crippen LogP contribution in [0.15, 0.2) is 0 Å². The van der Waals surface area contributed by atoms with Crippen molar-refractivity contribution in [2.24, 2.45) is 0 Å². The van der Waals surface area contributed by atoms with Crippen LogP contribution < -0.4 is 5.32 Å². The van der Waals surface area contributed by atoms with Gasteiger partial charge in [0, 0.05) is 26.3 Å². The first kappa shape index (κ1) is 12.9. The van der Waals surface area contributed by atoms with Crippen molar-refractivity contribution in [2.75, 3.05) is 27.4 Å². The third-order valence-corrected chi connectivity index (χ3v) is 2.19. The predicted octanol–water partition coefficient (Wildman–Crippen LogP) is 1.43. The van der Waals surface area contributed by atoms with E-state index in [1.807, 2.05) is 0 Å². The van der Waals surface area contributed by atoms with Crippen molar-refractivity contribution in [1.82, 2.24) is 5.32 Å². The topological polar surface area (TPSA) is 30.5 Å². The largest absolute Gasteiger partial charge is 0.383 e. The highest BCUT2D eigenvalue weighted by Gasteiger charge is 2.11. The number of ether oxygens (including phenoxy) is 2. The van der Waals surface area contributed by atoms with E-state index in [4.69, 9.17) is 9.47 Å². The number of methoxy groups -OCH3 is 2. The molecule has 3 heteroatoms. The Bertz CT molecular complexity index is 97.1. The second kappa shape index (κ2) is 8.48. The van der Waals surface area contributed by atoms with Gasteiger partial charge >= 0.3 is 0 Å². The van der Waals surface area contributed by atoms with Crippen LogP contribution in [0.1, 0.15) is 26.7 Å². The van der Waals surface area contributed by atoms with Gasteiger partial charge in [0.2, 0.25) is 0 Å². The van der Waals surface area contributed by atoms with Crippen molar-refractivity contribution in [2.45, 2.75) is 38.8 Å². The fourth-order valence-electron chi connectivity index (χ4n) is 1.30. The highest BCUT2D eigenvalue weighted by Crippen LogP contribution is 1.98. The molecule has 0 saturated heterocycles. The molecule has 0 bridgehead atoms. The molecule has 0 aromatic heterocycles. The molecule has 0 saturated carbocycles. The molecule has 0 amide bonds. The van der Waals surface area contributed by atoms with Gasteiger partial charge in [-0.25, -0.2) is 0 Å². The Balaban J connectivity index is 3.73. The molecule has 0 spiro atoms. The Morgan fingerprint density at radius 1 is 0.923 bits per heavy atom. The van der Waals surface area contributed by atoms with Crippen LogP contribution >= 0.6 is 0 Å². The second-order valence-corrected chi connectivity index (χ2v) is 3.29. The van der Waals surface area contributed by atoms with Crippen LogP contribution in [-0.4, -0.2) is 39.5 Å². The molecule has 0 aromatic carbocycles. The summed E-state index contributed by atoms with van der Waals surface area (Å²) in [5, 5.41) is 3.51. The maximum atomic E-state index is 5.12. The fraction of sp³-hybridized carbons (Fsp3) is 1.00. The quantitative estimate of drug-likeness (QED) is 0.626. The zero-order chi connectivity index (χ0) is 10.1. The number of rotatable bonds is 8. The summed E-state index contributed by atoms with van der Waals surface area (Å²) in [7, 11) is 3.48. The van der Waals surface area contributed by atoms with Gasteiger partial charge in [-0.1, -0.05) is 13.8 Å². The molecule has 0 fully saturated rings. The minimum atomic E-state index is 0.449. The minimum Gasteiger partial charge on any atom is -0.383 e. The highest BCUT2D eigenvalue weighted by molar-refractivity contribution is 4.71. The molecule has 1 N–H and O–H groups in total. The molecule has 0 aliphatic carbocycles. The van der Waals surface area contributed by atoms with Crippen molar-refractivity contribution >= 4 is 0 Å². The Morgan fingerprint density at radius 2 is 1.31 bits per heavy atom. The Kier molecular flexibility index (Phi) is 8.40. The van der Waals surface area contributed by atoms with Crippen LogP contribution in [0.5, 0.6) is 0 Å². The summed E-state index contributed by atoms with van der Waals surface area (Å²) in [6, 6.07) is 0.898. The molecule has 3 nitrogen and oxygen atoms in total. The van der Waals surface area contributed by atoms with Gasteiger partial charge in [0.25, 0.3) is 0 Å². The standard InChI is InChI=1S/C10H23NO2/c1-5-9(7-12-3)11-10(6-2)8-13-4/h9-11H,5-8H2,1-4H3. The molecule has 0 heterocycles. The van der Waals surface area contributed by atoms with Crippen molar-refractivity contribution in [3.63, 3.8) is 0 Å². The number of hydrogen-bond donors (Lipinski definition) is 1. The number of hydrogen-bond acceptors (Lipinski definition) is 3. The van der Waals surface area contributed by atoms with E-state index in [1.54, 1.807) is 14.2 Å². The average Bonchev–Trinajstić information content (AvgIpc) is 2.16. The van der Waals surface area contributed by atoms with Crippen molar-refractivity contribution in [3.8, 4) is 0 Å². The zero-order valence-corrected chi connectivity index (χ0v) is 9.30. The SMILES string of the molecule is CCC(COC)NC(CC)COC. The third-order valence-electron chi connectivity index (χ3n) is 2.19. The van der Waals surface area contributed by atoms with Crippen LogP contribution in [0.4, 0.5) is 0 Å². The van der Waals surface area contributed by atoms with Crippen LogP contribution in [0.3, 0.4) is 0 Å². The van der Waals surface area contributed by atoms with Crippen molar-refractivity contribution in [1.29, 1.82) is 0 Å². The number of nitrogens with one attached hydrogen (secondary N) is 1. The molecule has 80 valence electrons. The summed E-state index contributed by atoms with van der Waals surface area (Å²) in [4.78, 5) is 0. The zero-order valence-electron chi connectivity index (χ0n) is 9.30. The van der Waals surface area contributed by atoms with Gasteiger partial charge in [-0.2, -0.15) is 0 Å². The highest BCUT2D eigenvalue weighted by atomic mass is 16.5. The van der Waals surface area contributed by atoms with E-state index in [0.29, 0.717) is 12.1 Å². The smallest absolute Gasteiger partial charge is 0.0615 e. The van der Waals surface area contributed by atoms with Gasteiger partial charge in [0.05, 0.1) is 13.2 Å². The van der Waals surface area contributed by atoms with E-state index in [-0.39, 0.29) is 0 Å². The molecule has 13 heavy (non-hydrogen) atoms. The molecule has 0 rings (SSSR count). The molecular weight excluding hydrogens is 166 g/mol. The second-order valence-electron chi connectivity index (χ2n) is 3.29. The van der Waals surface area contributed by atoms with Crippen LogP contribution in [-0.2, 0) is 9.47 Å². The first-order chi connectivity index (χ1) is 6.28. The molecule has 0 aliphatic rings. The lowest BCUT2D eigenvalue weighted by Crippen LogP contribution is -2.42. The lowest BCUT2D eigenvalue weighted by atomic mass is 10.1. The summed E-state index contributed by atoms with van der Waals surface area (Å²) >= 11 is 0. The van der Waals surface area contributed by atoms with Gasteiger partial charge in [-0.3, -0.25) is 0 Å². The predicted molar refractivity (Wildman–Crippen MR) is 55.0 cm³/mol. The Hall–Kier alpha value is -0.120. The van der Waals surface area contributed by atoms with Gasteiger partial charge in [-0.05, 0) is 12.8 Å².